The van der Waals surface area contributed by atoms with E-state index in [1.807, 2.05) is 12.1 Å². The molecule has 1 N–H and O–H groups in total. The monoisotopic (exact) mass is 367 g/mol. The standard InChI is InChI=1S/C18H21N7O2/c1-26-11-9-19-15-6-5-13(12-22-15)16-23-17(27-24-16)14-4-2-10-25(14)18-20-7-3-8-21-18/h3,5-8,12,14H,2,4,9-11H2,1H3,(H,19,22)/t14-/m1/s1. The molecular formula is C18H21N7O2. The van der Waals surface area contributed by atoms with Crippen molar-refractivity contribution in [3.05, 3.63) is 42.7 Å². The van der Waals surface area contributed by atoms with Gasteiger partial charge in [0.1, 0.15) is 11.9 Å². The topological polar surface area (TPSA) is 102 Å². The van der Waals surface area contributed by atoms with Crippen LogP contribution in [0.2, 0.25) is 0 Å². The lowest BCUT2D eigenvalue weighted by atomic mass is 10.2. The van der Waals surface area contributed by atoms with E-state index in [4.69, 9.17) is 9.26 Å². The Kier molecular flexibility index (Phi) is 5.20. The fourth-order valence-corrected chi connectivity index (χ4v) is 3.10. The number of nitrogens with one attached hydrogen (secondary N) is 1. The molecule has 0 radical (unpaired) electrons. The fourth-order valence-electron chi connectivity index (χ4n) is 3.10. The van der Waals surface area contributed by atoms with E-state index in [1.165, 1.54) is 0 Å². The van der Waals surface area contributed by atoms with E-state index < -0.39 is 0 Å². The first-order valence-electron chi connectivity index (χ1n) is 8.91. The van der Waals surface area contributed by atoms with Gasteiger partial charge in [0.15, 0.2) is 0 Å². The number of pyridine rings is 1. The summed E-state index contributed by atoms with van der Waals surface area (Å²) in [6.45, 7) is 2.20. The molecule has 1 atom stereocenters. The number of hydrogen-bond donors (Lipinski definition) is 1. The molecule has 0 saturated carbocycles. The highest BCUT2D eigenvalue weighted by Gasteiger charge is 2.32. The molecule has 1 aliphatic heterocycles. The minimum atomic E-state index is -0.00315. The van der Waals surface area contributed by atoms with Crippen LogP contribution >= 0.6 is 0 Å². The van der Waals surface area contributed by atoms with Crippen molar-refractivity contribution in [2.45, 2.75) is 18.9 Å². The smallest absolute Gasteiger partial charge is 0.249 e. The predicted octanol–water partition coefficient (Wildman–Crippen LogP) is 2.32. The van der Waals surface area contributed by atoms with Gasteiger partial charge in [0.05, 0.1) is 6.61 Å². The molecule has 1 fully saturated rings. The molecule has 1 saturated heterocycles. The molecule has 9 heteroatoms. The van der Waals surface area contributed by atoms with Gasteiger partial charge in [0.25, 0.3) is 0 Å². The Morgan fingerprint density at radius 1 is 1.26 bits per heavy atom. The van der Waals surface area contributed by atoms with E-state index in [-0.39, 0.29) is 6.04 Å². The summed E-state index contributed by atoms with van der Waals surface area (Å²) in [5.74, 6) is 2.58. The lowest BCUT2D eigenvalue weighted by Crippen LogP contribution is -2.24. The van der Waals surface area contributed by atoms with Crippen LogP contribution in [0.3, 0.4) is 0 Å². The molecule has 3 aromatic heterocycles. The van der Waals surface area contributed by atoms with Crippen molar-refractivity contribution < 1.29 is 9.26 Å². The van der Waals surface area contributed by atoms with E-state index in [1.54, 1.807) is 31.8 Å². The zero-order valence-corrected chi connectivity index (χ0v) is 15.1. The van der Waals surface area contributed by atoms with Gasteiger partial charge >= 0.3 is 0 Å². The Balaban J connectivity index is 1.48. The summed E-state index contributed by atoms with van der Waals surface area (Å²) in [6.07, 6.45) is 7.18. The number of methoxy groups -OCH3 is 1. The number of rotatable bonds is 7. The lowest BCUT2D eigenvalue weighted by molar-refractivity contribution is 0.210. The van der Waals surface area contributed by atoms with Crippen molar-refractivity contribution in [3.63, 3.8) is 0 Å². The summed E-state index contributed by atoms with van der Waals surface area (Å²) in [7, 11) is 1.67. The number of aromatic nitrogens is 5. The zero-order valence-electron chi connectivity index (χ0n) is 15.1. The van der Waals surface area contributed by atoms with Gasteiger partial charge in [0.2, 0.25) is 17.7 Å². The summed E-state index contributed by atoms with van der Waals surface area (Å²) >= 11 is 0. The van der Waals surface area contributed by atoms with Gasteiger partial charge in [-0.2, -0.15) is 4.98 Å². The van der Waals surface area contributed by atoms with Gasteiger partial charge in [0, 0.05) is 44.4 Å². The van der Waals surface area contributed by atoms with Gasteiger partial charge < -0.3 is 19.5 Å². The summed E-state index contributed by atoms with van der Waals surface area (Å²) in [5.41, 5.74) is 0.808. The highest BCUT2D eigenvalue weighted by molar-refractivity contribution is 5.55. The van der Waals surface area contributed by atoms with Crippen molar-refractivity contribution in [2.75, 3.05) is 37.0 Å². The van der Waals surface area contributed by atoms with Crippen LogP contribution in [-0.4, -0.2) is 51.9 Å². The molecule has 9 nitrogen and oxygen atoms in total. The Hall–Kier alpha value is -3.07. The number of nitrogens with zero attached hydrogens (tertiary/aromatic N) is 6. The number of anilines is 2. The average molecular weight is 367 g/mol. The SMILES string of the molecule is COCCNc1ccc(-c2noc([C@H]3CCCN3c3ncccn3)n2)cn1. The van der Waals surface area contributed by atoms with Crippen LogP contribution in [0.15, 0.2) is 41.3 Å². The molecule has 0 amide bonds. The largest absolute Gasteiger partial charge is 0.383 e. The summed E-state index contributed by atoms with van der Waals surface area (Å²) < 4.78 is 10.6. The first-order chi connectivity index (χ1) is 13.3. The third-order valence-corrected chi connectivity index (χ3v) is 4.42. The number of hydrogen-bond acceptors (Lipinski definition) is 9. The van der Waals surface area contributed by atoms with E-state index in [2.05, 4.69) is 35.3 Å². The normalized spacial score (nSPS) is 16.6. The molecule has 0 unspecified atom stereocenters. The molecular weight excluding hydrogens is 346 g/mol. The molecule has 4 heterocycles. The molecule has 27 heavy (non-hydrogen) atoms. The van der Waals surface area contributed by atoms with E-state index in [9.17, 15) is 0 Å². The minimum Gasteiger partial charge on any atom is -0.383 e. The lowest BCUT2D eigenvalue weighted by Gasteiger charge is -2.21. The molecule has 0 aromatic carbocycles. The zero-order chi connectivity index (χ0) is 18.5. The molecule has 1 aliphatic rings. The molecule has 3 aromatic rings. The Bertz CT molecular complexity index is 854. The Labute approximate surface area is 156 Å². The Morgan fingerprint density at radius 3 is 2.93 bits per heavy atom. The second-order valence-electron chi connectivity index (χ2n) is 6.21. The van der Waals surface area contributed by atoms with Crippen molar-refractivity contribution >= 4 is 11.8 Å². The summed E-state index contributed by atoms with van der Waals surface area (Å²) in [5, 5.41) is 7.31. The Morgan fingerprint density at radius 2 is 2.15 bits per heavy atom. The molecule has 4 rings (SSSR count). The fraction of sp³-hybridized carbons (Fsp3) is 0.389. The third-order valence-electron chi connectivity index (χ3n) is 4.42. The second-order valence-corrected chi connectivity index (χ2v) is 6.21. The second kappa shape index (κ2) is 8.09. The van der Waals surface area contributed by atoms with Crippen LogP contribution in [-0.2, 0) is 4.74 Å². The highest BCUT2D eigenvalue weighted by Crippen LogP contribution is 2.34. The van der Waals surface area contributed by atoms with Crippen LogP contribution in [0.1, 0.15) is 24.8 Å². The van der Waals surface area contributed by atoms with Crippen LogP contribution in [0, 0.1) is 0 Å². The molecule has 140 valence electrons. The van der Waals surface area contributed by atoms with Crippen molar-refractivity contribution in [3.8, 4) is 11.4 Å². The van der Waals surface area contributed by atoms with Gasteiger partial charge in [-0.1, -0.05) is 5.16 Å². The van der Waals surface area contributed by atoms with E-state index in [0.29, 0.717) is 30.8 Å². The first kappa shape index (κ1) is 17.3. The van der Waals surface area contributed by atoms with E-state index in [0.717, 1.165) is 30.8 Å². The third kappa shape index (κ3) is 3.87. The van der Waals surface area contributed by atoms with Crippen molar-refractivity contribution in [1.29, 1.82) is 0 Å². The van der Waals surface area contributed by atoms with Crippen LogP contribution in [0.5, 0.6) is 0 Å². The highest BCUT2D eigenvalue weighted by atomic mass is 16.5. The summed E-state index contributed by atoms with van der Waals surface area (Å²) in [4.78, 5) is 19.8. The maximum atomic E-state index is 5.55. The van der Waals surface area contributed by atoms with Gasteiger partial charge in [-0.3, -0.25) is 0 Å². The average Bonchev–Trinajstić information content (AvgIpc) is 3.39. The number of ether oxygens (including phenoxy) is 1. The quantitative estimate of drug-likeness (QED) is 0.630. The van der Waals surface area contributed by atoms with Crippen molar-refractivity contribution in [1.82, 2.24) is 25.1 Å². The summed E-state index contributed by atoms with van der Waals surface area (Å²) in [6, 6.07) is 5.61. The molecule has 0 aliphatic carbocycles. The van der Waals surface area contributed by atoms with Crippen LogP contribution < -0.4 is 10.2 Å². The maximum absolute atomic E-state index is 5.55. The first-order valence-corrected chi connectivity index (χ1v) is 8.91. The molecule has 0 spiro atoms. The van der Waals surface area contributed by atoms with Gasteiger partial charge in [-0.05, 0) is 31.0 Å². The maximum Gasteiger partial charge on any atom is 0.249 e. The van der Waals surface area contributed by atoms with Crippen LogP contribution in [0.4, 0.5) is 11.8 Å². The minimum absolute atomic E-state index is 0.00315. The van der Waals surface area contributed by atoms with Crippen LogP contribution in [0.25, 0.3) is 11.4 Å². The predicted molar refractivity (Wildman–Crippen MR) is 99.2 cm³/mol. The van der Waals surface area contributed by atoms with Crippen molar-refractivity contribution in [2.24, 2.45) is 0 Å². The molecule has 0 bridgehead atoms. The van der Waals surface area contributed by atoms with E-state index >= 15 is 0 Å². The van der Waals surface area contributed by atoms with Gasteiger partial charge in [-0.25, -0.2) is 15.0 Å². The van der Waals surface area contributed by atoms with Gasteiger partial charge in [-0.15, -0.1) is 0 Å².